The normalized spacial score (nSPS) is 10.7. The average Bonchev–Trinajstić information content (AvgIpc) is 2.61. The zero-order chi connectivity index (χ0) is 17.5. The maximum Gasteiger partial charge on any atom is 0.224 e. The van der Waals surface area contributed by atoms with Crippen molar-refractivity contribution in [3.63, 3.8) is 0 Å². The molecule has 0 unspecified atom stereocenters. The highest BCUT2D eigenvalue weighted by atomic mass is 35.5. The average molecular weight is 343 g/mol. The van der Waals surface area contributed by atoms with Gasteiger partial charge in [0.2, 0.25) is 5.91 Å². The fourth-order valence-corrected chi connectivity index (χ4v) is 2.81. The van der Waals surface area contributed by atoms with Crippen LogP contribution in [0.4, 0.5) is 5.69 Å². The number of carbonyl (C=O) groups excluding carboxylic acids is 1. The minimum Gasteiger partial charge on any atom is -0.325 e. The molecule has 0 aliphatic rings. The van der Waals surface area contributed by atoms with E-state index in [1.54, 1.807) is 18.2 Å². The Morgan fingerprint density at radius 3 is 2.42 bits per heavy atom. The Morgan fingerprint density at radius 2 is 1.79 bits per heavy atom. The first-order chi connectivity index (χ1) is 11.5. The molecule has 2 aromatic carbocycles. The lowest BCUT2D eigenvalue weighted by atomic mass is 9.98. The van der Waals surface area contributed by atoms with Crippen LogP contribution >= 0.6 is 11.6 Å². The van der Waals surface area contributed by atoms with Crippen LogP contribution in [-0.2, 0) is 4.79 Å². The molecule has 0 heterocycles. The number of amides is 1. The van der Waals surface area contributed by atoms with Crippen molar-refractivity contribution < 1.29 is 4.79 Å². The fraction of sp³-hybridized carbons (Fsp3) is 0.300. The quantitative estimate of drug-likeness (QED) is 0.639. The summed E-state index contributed by atoms with van der Waals surface area (Å²) in [5.41, 5.74) is 2.39. The van der Waals surface area contributed by atoms with Gasteiger partial charge in [0.1, 0.15) is 0 Å². The molecule has 0 radical (unpaired) electrons. The highest BCUT2D eigenvalue weighted by Crippen LogP contribution is 2.24. The molecule has 0 bridgehead atoms. The molecule has 126 valence electrons. The lowest BCUT2D eigenvalue weighted by Crippen LogP contribution is -2.18. The topological polar surface area (TPSA) is 53.0 Å². The molecule has 2 rings (SSSR count). The fourth-order valence-electron chi connectivity index (χ4n) is 2.63. The minimum absolute atomic E-state index is 0.0202. The van der Waals surface area contributed by atoms with E-state index in [4.69, 9.17) is 17.0 Å². The molecule has 3 nitrogen and oxygen atoms in total. The Bertz CT molecular complexity index is 709. The number of rotatable bonds is 7. The van der Waals surface area contributed by atoms with Crippen molar-refractivity contribution >= 4 is 28.9 Å². The zero-order valence-electron chi connectivity index (χ0n) is 14.1. The van der Waals surface area contributed by atoms with E-state index >= 15 is 0 Å². The van der Waals surface area contributed by atoms with Gasteiger partial charge >= 0.3 is 0 Å². The number of hydrogen-bond acceptors (Lipinski definition) is 2. The third-order valence-electron chi connectivity index (χ3n) is 4.22. The van der Waals surface area contributed by atoms with Crippen molar-refractivity contribution in [1.82, 2.24) is 0 Å². The highest BCUT2D eigenvalue weighted by Gasteiger charge is 2.15. The van der Waals surface area contributed by atoms with Crippen LogP contribution in [0.25, 0.3) is 0 Å². The number of anilines is 1. The summed E-state index contributed by atoms with van der Waals surface area (Å²) >= 11 is 6.10. The van der Waals surface area contributed by atoms with E-state index in [0.717, 1.165) is 18.4 Å². The second-order valence-corrected chi connectivity index (χ2v) is 6.30. The number of nitrogens with one attached hydrogen (secondary N) is 2. The second kappa shape index (κ2) is 8.65. The molecule has 1 amide bonds. The van der Waals surface area contributed by atoms with Gasteiger partial charge in [-0.25, -0.2) is 0 Å². The van der Waals surface area contributed by atoms with Crippen LogP contribution in [0.15, 0.2) is 48.5 Å². The van der Waals surface area contributed by atoms with E-state index in [0.29, 0.717) is 34.3 Å². The molecular weight excluding hydrogens is 320 g/mol. The molecule has 2 aromatic rings. The van der Waals surface area contributed by atoms with Crippen molar-refractivity contribution in [3.8, 4) is 0 Å². The lowest BCUT2D eigenvalue weighted by molar-refractivity contribution is -0.117. The Kier molecular flexibility index (Phi) is 6.56. The lowest BCUT2D eigenvalue weighted by Gasteiger charge is -2.15. The smallest absolute Gasteiger partial charge is 0.224 e. The summed E-state index contributed by atoms with van der Waals surface area (Å²) in [5.74, 6) is 0.363. The third kappa shape index (κ3) is 4.68. The molecule has 0 saturated heterocycles. The van der Waals surface area contributed by atoms with E-state index in [1.807, 2.05) is 30.3 Å². The molecule has 0 aliphatic carbocycles. The van der Waals surface area contributed by atoms with Gasteiger partial charge in [0, 0.05) is 22.6 Å². The van der Waals surface area contributed by atoms with Gasteiger partial charge in [0.25, 0.3) is 0 Å². The number of benzene rings is 2. The van der Waals surface area contributed by atoms with Crippen LogP contribution in [0, 0.1) is 11.3 Å². The Labute approximate surface area is 148 Å². The first kappa shape index (κ1) is 18.2. The van der Waals surface area contributed by atoms with E-state index < -0.39 is 0 Å². The summed E-state index contributed by atoms with van der Waals surface area (Å²) in [4.78, 5) is 12.3. The summed E-state index contributed by atoms with van der Waals surface area (Å²) in [6.45, 7) is 4.19. The van der Waals surface area contributed by atoms with Crippen LogP contribution in [-0.4, -0.2) is 11.6 Å². The summed E-state index contributed by atoms with van der Waals surface area (Å²) < 4.78 is 0. The standard InChI is InChI=1S/C20H23ClN2O/c1-3-14(4-2)12-19(24)23-18-11-10-16(21)13-17(18)20(22)15-8-6-5-7-9-15/h5-11,13-14,22H,3-4,12H2,1-2H3,(H,23,24). The Balaban J connectivity index is 2.25. The van der Waals surface area contributed by atoms with Crippen LogP contribution in [0.2, 0.25) is 5.02 Å². The van der Waals surface area contributed by atoms with Crippen LogP contribution in [0.5, 0.6) is 0 Å². The largest absolute Gasteiger partial charge is 0.325 e. The van der Waals surface area contributed by atoms with Gasteiger partial charge in [0.15, 0.2) is 0 Å². The van der Waals surface area contributed by atoms with Crippen molar-refractivity contribution in [2.24, 2.45) is 5.92 Å². The van der Waals surface area contributed by atoms with Gasteiger partial charge in [-0.05, 0) is 24.1 Å². The molecule has 24 heavy (non-hydrogen) atoms. The van der Waals surface area contributed by atoms with Crippen molar-refractivity contribution in [1.29, 1.82) is 5.41 Å². The predicted octanol–water partition coefficient (Wildman–Crippen LogP) is 5.52. The van der Waals surface area contributed by atoms with Gasteiger partial charge in [-0.3, -0.25) is 10.2 Å². The number of hydrogen-bond donors (Lipinski definition) is 2. The summed E-state index contributed by atoms with van der Waals surface area (Å²) in [7, 11) is 0. The first-order valence-electron chi connectivity index (χ1n) is 8.28. The molecule has 0 atom stereocenters. The molecule has 0 spiro atoms. The Hall–Kier alpha value is -2.13. The van der Waals surface area contributed by atoms with Crippen molar-refractivity contribution in [3.05, 3.63) is 64.7 Å². The van der Waals surface area contributed by atoms with Gasteiger partial charge in [-0.2, -0.15) is 0 Å². The maximum atomic E-state index is 12.3. The predicted molar refractivity (Wildman–Crippen MR) is 101 cm³/mol. The second-order valence-electron chi connectivity index (χ2n) is 5.87. The van der Waals surface area contributed by atoms with E-state index in [9.17, 15) is 4.79 Å². The number of halogens is 1. The van der Waals surface area contributed by atoms with Crippen LogP contribution in [0.3, 0.4) is 0 Å². The number of carbonyl (C=O) groups is 1. The van der Waals surface area contributed by atoms with Gasteiger partial charge < -0.3 is 5.32 Å². The SMILES string of the molecule is CCC(CC)CC(=O)Nc1ccc(Cl)cc1C(=N)c1ccccc1. The third-order valence-corrected chi connectivity index (χ3v) is 4.45. The summed E-state index contributed by atoms with van der Waals surface area (Å²) in [5, 5.41) is 12.0. The van der Waals surface area contributed by atoms with Crippen molar-refractivity contribution in [2.45, 2.75) is 33.1 Å². The minimum atomic E-state index is -0.0202. The zero-order valence-corrected chi connectivity index (χ0v) is 14.9. The Morgan fingerprint density at radius 1 is 1.12 bits per heavy atom. The summed E-state index contributed by atoms with van der Waals surface area (Å²) in [6.07, 6.45) is 2.46. The van der Waals surface area contributed by atoms with Crippen molar-refractivity contribution in [2.75, 3.05) is 5.32 Å². The molecule has 0 saturated carbocycles. The molecule has 4 heteroatoms. The first-order valence-corrected chi connectivity index (χ1v) is 8.66. The van der Waals surface area contributed by atoms with Gasteiger partial charge in [-0.15, -0.1) is 0 Å². The highest BCUT2D eigenvalue weighted by molar-refractivity contribution is 6.31. The maximum absolute atomic E-state index is 12.3. The molecule has 0 aliphatic heterocycles. The molecule has 0 aromatic heterocycles. The molecular formula is C20H23ClN2O. The van der Waals surface area contributed by atoms with Gasteiger partial charge in [0.05, 0.1) is 11.4 Å². The monoisotopic (exact) mass is 342 g/mol. The summed E-state index contributed by atoms with van der Waals surface area (Å²) in [6, 6.07) is 14.7. The van der Waals surface area contributed by atoms with E-state index in [-0.39, 0.29) is 5.91 Å². The van der Waals surface area contributed by atoms with E-state index in [1.165, 1.54) is 0 Å². The van der Waals surface area contributed by atoms with Crippen LogP contribution in [0.1, 0.15) is 44.2 Å². The molecule has 0 fully saturated rings. The van der Waals surface area contributed by atoms with E-state index in [2.05, 4.69) is 19.2 Å². The van der Waals surface area contributed by atoms with Gasteiger partial charge in [-0.1, -0.05) is 68.6 Å². The van der Waals surface area contributed by atoms with Crippen LogP contribution < -0.4 is 5.32 Å². The molecule has 2 N–H and O–H groups in total.